The van der Waals surface area contributed by atoms with Crippen molar-refractivity contribution in [1.82, 2.24) is 9.97 Å². The van der Waals surface area contributed by atoms with Gasteiger partial charge in [-0.25, -0.2) is 9.97 Å². The maximum atomic E-state index is 5.65. The predicted molar refractivity (Wildman–Crippen MR) is 65.1 cm³/mol. The molecule has 2 heterocycles. The Labute approximate surface area is 96.8 Å². The van der Waals surface area contributed by atoms with Crippen molar-refractivity contribution in [3.8, 4) is 0 Å². The largest absolute Gasteiger partial charge is 0.384 e. The second kappa shape index (κ2) is 4.63. The quantitative estimate of drug-likeness (QED) is 0.658. The fraction of sp³-hybridized carbons (Fsp3) is 0.200. The number of nitrogens with zero attached hydrogens (tertiary/aromatic N) is 2. The first kappa shape index (κ1) is 10.4. The van der Waals surface area contributed by atoms with Crippen LogP contribution in [0.2, 0.25) is 0 Å². The van der Waals surface area contributed by atoms with Gasteiger partial charge in [-0.1, -0.05) is 11.8 Å². The fourth-order valence-corrected chi connectivity index (χ4v) is 2.78. The lowest BCUT2D eigenvalue weighted by Gasteiger charge is -2.01. The van der Waals surface area contributed by atoms with Gasteiger partial charge in [-0.3, -0.25) is 0 Å². The molecule has 0 bridgehead atoms. The third-order valence-electron chi connectivity index (χ3n) is 1.80. The number of nitrogens with two attached hydrogens (primary N) is 1. The maximum Gasteiger partial charge on any atom is 0.190 e. The average molecular weight is 237 g/mol. The molecule has 3 nitrogen and oxygen atoms in total. The molecule has 5 heteroatoms. The molecule has 2 N–H and O–H groups in total. The molecule has 0 aromatic carbocycles. The summed E-state index contributed by atoms with van der Waals surface area (Å²) >= 11 is 3.31. The van der Waals surface area contributed by atoms with Gasteiger partial charge in [-0.2, -0.15) is 11.3 Å². The summed E-state index contributed by atoms with van der Waals surface area (Å²) in [6.45, 7) is 1.92. The van der Waals surface area contributed by atoms with Crippen LogP contribution in [0.25, 0.3) is 0 Å². The van der Waals surface area contributed by atoms with Crippen LogP contribution in [-0.4, -0.2) is 9.97 Å². The first-order chi connectivity index (χ1) is 7.24. The topological polar surface area (TPSA) is 51.8 Å². The first-order valence-electron chi connectivity index (χ1n) is 4.49. The molecule has 0 unspecified atom stereocenters. The maximum absolute atomic E-state index is 5.65. The van der Waals surface area contributed by atoms with Crippen LogP contribution >= 0.6 is 23.1 Å². The molecule has 0 aliphatic carbocycles. The van der Waals surface area contributed by atoms with Gasteiger partial charge in [-0.05, 0) is 29.3 Å². The standard InChI is InChI=1S/C10H11N3S2/c1-7-4-9(11)13-10(12-7)15-6-8-2-3-14-5-8/h2-5H,6H2,1H3,(H2,11,12,13). The average Bonchev–Trinajstić information content (AvgIpc) is 2.65. The van der Waals surface area contributed by atoms with Gasteiger partial charge in [-0.15, -0.1) is 0 Å². The Morgan fingerprint density at radius 2 is 2.33 bits per heavy atom. The highest BCUT2D eigenvalue weighted by atomic mass is 32.2. The Kier molecular flexibility index (Phi) is 3.23. The summed E-state index contributed by atoms with van der Waals surface area (Å²) in [6, 6.07) is 3.88. The van der Waals surface area contributed by atoms with E-state index in [0.717, 1.165) is 16.6 Å². The number of thiophene rings is 1. The summed E-state index contributed by atoms with van der Waals surface area (Å²) < 4.78 is 0. The zero-order valence-electron chi connectivity index (χ0n) is 8.30. The third kappa shape index (κ3) is 2.94. The summed E-state index contributed by atoms with van der Waals surface area (Å²) in [5.74, 6) is 1.43. The molecule has 0 amide bonds. The molecule has 2 aromatic rings. The number of thioether (sulfide) groups is 1. The minimum Gasteiger partial charge on any atom is -0.384 e. The van der Waals surface area contributed by atoms with Gasteiger partial charge in [0.15, 0.2) is 5.16 Å². The molecule has 0 aliphatic rings. The normalized spacial score (nSPS) is 10.5. The second-order valence-corrected chi connectivity index (χ2v) is 4.86. The van der Waals surface area contributed by atoms with Crippen LogP contribution in [0, 0.1) is 6.92 Å². The van der Waals surface area contributed by atoms with E-state index in [1.165, 1.54) is 5.56 Å². The van der Waals surface area contributed by atoms with Crippen molar-refractivity contribution in [3.63, 3.8) is 0 Å². The Bertz CT molecular complexity index is 420. The van der Waals surface area contributed by atoms with E-state index >= 15 is 0 Å². The molecular formula is C10H11N3S2. The SMILES string of the molecule is Cc1cc(N)nc(SCc2ccsc2)n1. The van der Waals surface area contributed by atoms with Crippen molar-refractivity contribution in [1.29, 1.82) is 0 Å². The lowest BCUT2D eigenvalue weighted by molar-refractivity contribution is 0.940. The Balaban J connectivity index is 2.05. The molecule has 2 aromatic heterocycles. The third-order valence-corrected chi connectivity index (χ3v) is 3.45. The summed E-state index contributed by atoms with van der Waals surface area (Å²) in [7, 11) is 0. The zero-order chi connectivity index (χ0) is 10.7. The number of hydrogen-bond donors (Lipinski definition) is 1. The van der Waals surface area contributed by atoms with Crippen molar-refractivity contribution in [2.75, 3.05) is 5.73 Å². The molecule has 0 radical (unpaired) electrons. The van der Waals surface area contributed by atoms with Gasteiger partial charge in [0.25, 0.3) is 0 Å². The van der Waals surface area contributed by atoms with Crippen molar-refractivity contribution < 1.29 is 0 Å². The Hall–Kier alpha value is -1.07. The summed E-state index contributed by atoms with van der Waals surface area (Å²) in [5, 5.41) is 4.95. The number of nitrogen functional groups attached to an aromatic ring is 1. The van der Waals surface area contributed by atoms with Crippen LogP contribution < -0.4 is 5.73 Å². The lowest BCUT2D eigenvalue weighted by Crippen LogP contribution is -1.96. The van der Waals surface area contributed by atoms with Crippen LogP contribution in [0.3, 0.4) is 0 Å². The molecule has 15 heavy (non-hydrogen) atoms. The highest BCUT2D eigenvalue weighted by Crippen LogP contribution is 2.21. The molecule has 78 valence electrons. The van der Waals surface area contributed by atoms with E-state index < -0.39 is 0 Å². The van der Waals surface area contributed by atoms with Crippen molar-refractivity contribution in [3.05, 3.63) is 34.2 Å². The number of hydrogen-bond acceptors (Lipinski definition) is 5. The number of rotatable bonds is 3. The van der Waals surface area contributed by atoms with Crippen LogP contribution in [0.15, 0.2) is 28.0 Å². The molecule has 0 spiro atoms. The Morgan fingerprint density at radius 3 is 3.00 bits per heavy atom. The molecule has 2 rings (SSSR count). The molecule has 0 fully saturated rings. The molecule has 0 aliphatic heterocycles. The molecule has 0 saturated carbocycles. The van der Waals surface area contributed by atoms with E-state index in [4.69, 9.17) is 5.73 Å². The van der Waals surface area contributed by atoms with Crippen molar-refractivity contribution in [2.45, 2.75) is 17.8 Å². The van der Waals surface area contributed by atoms with Crippen LogP contribution in [0.5, 0.6) is 0 Å². The summed E-state index contributed by atoms with van der Waals surface area (Å²) in [4.78, 5) is 8.48. The van der Waals surface area contributed by atoms with Gasteiger partial charge >= 0.3 is 0 Å². The Morgan fingerprint density at radius 1 is 1.47 bits per heavy atom. The highest BCUT2D eigenvalue weighted by molar-refractivity contribution is 7.98. The van der Waals surface area contributed by atoms with Crippen LogP contribution in [-0.2, 0) is 5.75 Å². The lowest BCUT2D eigenvalue weighted by atomic mass is 10.4. The van der Waals surface area contributed by atoms with E-state index in [9.17, 15) is 0 Å². The van der Waals surface area contributed by atoms with Gasteiger partial charge in [0.2, 0.25) is 0 Å². The van der Waals surface area contributed by atoms with Crippen LogP contribution in [0.4, 0.5) is 5.82 Å². The minimum atomic E-state index is 0.537. The number of aryl methyl sites for hydroxylation is 1. The number of anilines is 1. The highest BCUT2D eigenvalue weighted by Gasteiger charge is 2.01. The molecule has 0 atom stereocenters. The van der Waals surface area contributed by atoms with Gasteiger partial charge in [0.1, 0.15) is 5.82 Å². The van der Waals surface area contributed by atoms with E-state index in [0.29, 0.717) is 5.82 Å². The smallest absolute Gasteiger partial charge is 0.190 e. The van der Waals surface area contributed by atoms with E-state index in [2.05, 4.69) is 26.8 Å². The van der Waals surface area contributed by atoms with E-state index in [1.807, 2.05) is 6.92 Å². The first-order valence-corrected chi connectivity index (χ1v) is 6.42. The summed E-state index contributed by atoms with van der Waals surface area (Å²) in [6.07, 6.45) is 0. The molecule has 0 saturated heterocycles. The van der Waals surface area contributed by atoms with Gasteiger partial charge < -0.3 is 5.73 Å². The van der Waals surface area contributed by atoms with Crippen molar-refractivity contribution in [2.24, 2.45) is 0 Å². The van der Waals surface area contributed by atoms with E-state index in [1.54, 1.807) is 29.2 Å². The monoisotopic (exact) mass is 237 g/mol. The zero-order valence-corrected chi connectivity index (χ0v) is 9.94. The van der Waals surface area contributed by atoms with Gasteiger partial charge in [0, 0.05) is 17.5 Å². The number of aromatic nitrogens is 2. The van der Waals surface area contributed by atoms with Crippen molar-refractivity contribution >= 4 is 28.9 Å². The predicted octanol–water partition coefficient (Wildman–Crippen LogP) is 2.72. The fourth-order valence-electron chi connectivity index (χ4n) is 1.15. The summed E-state index contributed by atoms with van der Waals surface area (Å²) in [5.41, 5.74) is 7.86. The van der Waals surface area contributed by atoms with Gasteiger partial charge in [0.05, 0.1) is 0 Å². The van der Waals surface area contributed by atoms with Crippen LogP contribution in [0.1, 0.15) is 11.3 Å². The minimum absolute atomic E-state index is 0.537. The second-order valence-electron chi connectivity index (χ2n) is 3.14. The molecular weight excluding hydrogens is 226 g/mol. The van der Waals surface area contributed by atoms with E-state index in [-0.39, 0.29) is 0 Å².